The van der Waals surface area contributed by atoms with Gasteiger partial charge in [0.1, 0.15) is 0 Å². The van der Waals surface area contributed by atoms with Gasteiger partial charge in [0.15, 0.2) is 0 Å². The molecule has 1 unspecified atom stereocenters. The quantitative estimate of drug-likeness (QED) is 0.772. The Balaban J connectivity index is 1.91. The molecule has 0 aromatic heterocycles. The standard InChI is InChI=1S/C13H17NOS/c1-9(7-10-5-6-10)14-13(15)11-3-2-4-12(16)8-11/h2-4,8-10,16H,5-7H2,1H3,(H,14,15). The zero-order valence-corrected chi connectivity index (χ0v) is 10.3. The Morgan fingerprint density at radius 1 is 1.56 bits per heavy atom. The van der Waals surface area contributed by atoms with Crippen molar-refractivity contribution >= 4 is 18.5 Å². The van der Waals surface area contributed by atoms with E-state index in [0.29, 0.717) is 5.56 Å². The molecule has 16 heavy (non-hydrogen) atoms. The third-order valence-electron chi connectivity index (χ3n) is 2.87. The molecule has 2 nitrogen and oxygen atoms in total. The van der Waals surface area contributed by atoms with Crippen LogP contribution in [0.4, 0.5) is 0 Å². The molecule has 1 aliphatic carbocycles. The summed E-state index contributed by atoms with van der Waals surface area (Å²) in [5.74, 6) is 0.843. The minimum Gasteiger partial charge on any atom is -0.350 e. The second kappa shape index (κ2) is 4.91. The molecule has 1 N–H and O–H groups in total. The van der Waals surface area contributed by atoms with Gasteiger partial charge in [-0.3, -0.25) is 4.79 Å². The Hall–Kier alpha value is -0.960. The number of carbonyl (C=O) groups excluding carboxylic acids is 1. The molecule has 0 heterocycles. The Labute approximate surface area is 102 Å². The van der Waals surface area contributed by atoms with Gasteiger partial charge in [-0.05, 0) is 37.5 Å². The predicted octanol–water partition coefficient (Wildman–Crippen LogP) is 2.89. The lowest BCUT2D eigenvalue weighted by Crippen LogP contribution is -2.32. The van der Waals surface area contributed by atoms with Crippen molar-refractivity contribution in [1.29, 1.82) is 0 Å². The minimum absolute atomic E-state index is 0.00375. The van der Waals surface area contributed by atoms with Crippen LogP contribution in [-0.2, 0) is 0 Å². The van der Waals surface area contributed by atoms with Crippen LogP contribution >= 0.6 is 12.6 Å². The highest BCUT2D eigenvalue weighted by molar-refractivity contribution is 7.80. The van der Waals surface area contributed by atoms with Crippen molar-refractivity contribution in [1.82, 2.24) is 5.32 Å². The molecule has 0 spiro atoms. The van der Waals surface area contributed by atoms with E-state index >= 15 is 0 Å². The third-order valence-corrected chi connectivity index (χ3v) is 3.15. The summed E-state index contributed by atoms with van der Waals surface area (Å²) in [7, 11) is 0. The third kappa shape index (κ3) is 3.27. The summed E-state index contributed by atoms with van der Waals surface area (Å²) >= 11 is 4.22. The summed E-state index contributed by atoms with van der Waals surface area (Å²) in [6, 6.07) is 7.60. The summed E-state index contributed by atoms with van der Waals surface area (Å²) in [5.41, 5.74) is 0.690. The molecule has 1 amide bonds. The molecule has 1 aliphatic rings. The Kier molecular flexibility index (Phi) is 3.54. The highest BCUT2D eigenvalue weighted by atomic mass is 32.1. The number of rotatable bonds is 4. The molecule has 0 aliphatic heterocycles. The van der Waals surface area contributed by atoms with Crippen LogP contribution in [0.5, 0.6) is 0 Å². The van der Waals surface area contributed by atoms with Crippen molar-refractivity contribution in [3.8, 4) is 0 Å². The highest BCUT2D eigenvalue weighted by Crippen LogP contribution is 2.33. The van der Waals surface area contributed by atoms with Crippen LogP contribution in [0.3, 0.4) is 0 Å². The van der Waals surface area contributed by atoms with E-state index < -0.39 is 0 Å². The average Bonchev–Trinajstić information content (AvgIpc) is 3.01. The summed E-state index contributed by atoms with van der Waals surface area (Å²) in [6.45, 7) is 2.07. The predicted molar refractivity (Wildman–Crippen MR) is 68.0 cm³/mol. The van der Waals surface area contributed by atoms with Crippen molar-refractivity contribution in [2.75, 3.05) is 0 Å². The monoisotopic (exact) mass is 235 g/mol. The number of thiol groups is 1. The van der Waals surface area contributed by atoms with Gasteiger partial charge in [-0.1, -0.05) is 18.9 Å². The van der Waals surface area contributed by atoms with Crippen LogP contribution in [0.25, 0.3) is 0 Å². The highest BCUT2D eigenvalue weighted by Gasteiger charge is 2.24. The van der Waals surface area contributed by atoms with Gasteiger partial charge < -0.3 is 5.32 Å². The number of nitrogens with one attached hydrogen (secondary N) is 1. The number of hydrogen-bond donors (Lipinski definition) is 2. The Morgan fingerprint density at radius 2 is 2.31 bits per heavy atom. The first kappa shape index (κ1) is 11.5. The molecule has 1 aromatic rings. The molecule has 1 aromatic carbocycles. The van der Waals surface area contributed by atoms with Gasteiger partial charge in [0.2, 0.25) is 0 Å². The van der Waals surface area contributed by atoms with Crippen LogP contribution in [0.2, 0.25) is 0 Å². The minimum atomic E-state index is 0.00375. The van der Waals surface area contributed by atoms with Crippen LogP contribution in [-0.4, -0.2) is 11.9 Å². The van der Waals surface area contributed by atoms with Gasteiger partial charge in [-0.2, -0.15) is 0 Å². The number of benzene rings is 1. The molecule has 0 saturated heterocycles. The SMILES string of the molecule is CC(CC1CC1)NC(=O)c1cccc(S)c1. The van der Waals surface area contributed by atoms with E-state index in [-0.39, 0.29) is 11.9 Å². The molecule has 0 bridgehead atoms. The smallest absolute Gasteiger partial charge is 0.251 e. The van der Waals surface area contributed by atoms with E-state index in [9.17, 15) is 4.79 Å². The van der Waals surface area contributed by atoms with Crippen LogP contribution in [0.1, 0.15) is 36.5 Å². The first-order chi connectivity index (χ1) is 7.65. The topological polar surface area (TPSA) is 29.1 Å². The van der Waals surface area contributed by atoms with Crippen molar-refractivity contribution in [2.24, 2.45) is 5.92 Å². The average molecular weight is 235 g/mol. The maximum atomic E-state index is 11.9. The Bertz CT molecular complexity index is 387. The second-order valence-electron chi connectivity index (χ2n) is 4.60. The molecule has 86 valence electrons. The lowest BCUT2D eigenvalue weighted by Gasteiger charge is -2.13. The lowest BCUT2D eigenvalue weighted by atomic mass is 10.1. The molecular formula is C13H17NOS. The van der Waals surface area contributed by atoms with Gasteiger partial charge in [0.25, 0.3) is 5.91 Å². The van der Waals surface area contributed by atoms with Crippen LogP contribution in [0.15, 0.2) is 29.2 Å². The fraction of sp³-hybridized carbons (Fsp3) is 0.462. The fourth-order valence-corrected chi connectivity index (χ4v) is 2.09. The molecular weight excluding hydrogens is 218 g/mol. The van der Waals surface area contributed by atoms with Crippen LogP contribution < -0.4 is 5.32 Å². The van der Waals surface area contributed by atoms with Crippen LogP contribution in [0, 0.1) is 5.92 Å². The van der Waals surface area contributed by atoms with Gasteiger partial charge in [-0.15, -0.1) is 12.6 Å². The molecule has 1 saturated carbocycles. The van der Waals surface area contributed by atoms with Crippen molar-refractivity contribution in [3.05, 3.63) is 29.8 Å². The summed E-state index contributed by atoms with van der Waals surface area (Å²) in [6.07, 6.45) is 3.75. The molecule has 3 heteroatoms. The van der Waals surface area contributed by atoms with E-state index in [2.05, 4.69) is 24.9 Å². The molecule has 2 rings (SSSR count). The van der Waals surface area contributed by atoms with Gasteiger partial charge in [0, 0.05) is 16.5 Å². The summed E-state index contributed by atoms with van der Waals surface area (Å²) in [5, 5.41) is 3.02. The first-order valence-electron chi connectivity index (χ1n) is 5.75. The maximum Gasteiger partial charge on any atom is 0.251 e. The Morgan fingerprint density at radius 3 is 2.94 bits per heavy atom. The number of amides is 1. The van der Waals surface area contributed by atoms with E-state index in [0.717, 1.165) is 17.2 Å². The first-order valence-corrected chi connectivity index (χ1v) is 6.20. The fourth-order valence-electron chi connectivity index (χ4n) is 1.87. The lowest BCUT2D eigenvalue weighted by molar-refractivity contribution is 0.0937. The number of hydrogen-bond acceptors (Lipinski definition) is 2. The molecule has 1 atom stereocenters. The molecule has 1 fully saturated rings. The van der Waals surface area contributed by atoms with Gasteiger partial charge >= 0.3 is 0 Å². The van der Waals surface area contributed by atoms with Gasteiger partial charge in [0.05, 0.1) is 0 Å². The summed E-state index contributed by atoms with van der Waals surface area (Å²) in [4.78, 5) is 12.7. The zero-order valence-electron chi connectivity index (χ0n) is 9.44. The molecule has 0 radical (unpaired) electrons. The van der Waals surface area contributed by atoms with Crippen molar-refractivity contribution in [3.63, 3.8) is 0 Å². The maximum absolute atomic E-state index is 11.9. The van der Waals surface area contributed by atoms with E-state index in [1.165, 1.54) is 12.8 Å². The zero-order chi connectivity index (χ0) is 11.5. The van der Waals surface area contributed by atoms with Crippen molar-refractivity contribution in [2.45, 2.75) is 37.1 Å². The van der Waals surface area contributed by atoms with E-state index in [1.807, 2.05) is 18.2 Å². The summed E-state index contributed by atoms with van der Waals surface area (Å²) < 4.78 is 0. The van der Waals surface area contributed by atoms with E-state index in [4.69, 9.17) is 0 Å². The van der Waals surface area contributed by atoms with Crippen molar-refractivity contribution < 1.29 is 4.79 Å². The second-order valence-corrected chi connectivity index (χ2v) is 5.12. The number of carbonyl (C=O) groups is 1. The normalized spacial score (nSPS) is 16.9. The van der Waals surface area contributed by atoms with E-state index in [1.54, 1.807) is 6.07 Å². The largest absolute Gasteiger partial charge is 0.350 e. The van der Waals surface area contributed by atoms with Gasteiger partial charge in [-0.25, -0.2) is 0 Å².